The average Bonchev–Trinajstić information content (AvgIpc) is 2.65. The van der Waals surface area contributed by atoms with Crippen LogP contribution >= 0.6 is 50.7 Å². The van der Waals surface area contributed by atoms with Crippen LogP contribution in [0.5, 0.6) is 0 Å². The predicted octanol–water partition coefficient (Wildman–Crippen LogP) is 8.24. The molecule has 2 aromatic rings. The zero-order chi connectivity index (χ0) is 24.6. The normalized spacial score (nSPS) is 12.3. The quantitative estimate of drug-likeness (QED) is 0.279. The monoisotopic (exact) mass is 571 g/mol. The van der Waals surface area contributed by atoms with Crippen LogP contribution in [0.1, 0.15) is 54.1 Å². The highest BCUT2D eigenvalue weighted by atomic mass is 79.9. The number of Topliss-reactive ketones (excluding diaryl/α,β-unsaturated/α-hetero) is 1. The van der Waals surface area contributed by atoms with Crippen LogP contribution in [0.15, 0.2) is 40.9 Å². The van der Waals surface area contributed by atoms with Crippen molar-refractivity contribution in [3.8, 4) is 0 Å². The van der Waals surface area contributed by atoms with Gasteiger partial charge in [-0.1, -0.05) is 75.9 Å². The van der Waals surface area contributed by atoms with Crippen molar-refractivity contribution in [2.45, 2.75) is 38.8 Å². The van der Waals surface area contributed by atoms with Crippen LogP contribution in [0, 0.1) is 0 Å². The number of carbonyl (C=O) groups is 2. The van der Waals surface area contributed by atoms with E-state index in [1.807, 2.05) is 6.92 Å². The summed E-state index contributed by atoms with van der Waals surface area (Å²) in [6, 6.07) is 6.97. The van der Waals surface area contributed by atoms with Crippen LogP contribution in [0.25, 0.3) is 6.08 Å². The lowest BCUT2D eigenvalue weighted by molar-refractivity contribution is -0.139. The Kier molecular flexibility index (Phi) is 11.2. The largest absolute Gasteiger partial charge is 0.399 e. The number of rotatable bonds is 6. The number of halogens is 7. The standard InChI is InChI=1S/C18H11BrCl3F3O.C4H9NO/c1-9(26)12-4-2-10(6-14(12)19)3-5-13(18(23,24)25)11-7-15(20)17(22)16(21)8-11;1-2-3-4(5)6/h2-8,13H,1H3;2-3H2,1H3,(H2,5,6)/b5-3+;. The number of allylic oxidation sites excluding steroid dienone is 1. The van der Waals surface area contributed by atoms with E-state index in [1.54, 1.807) is 18.2 Å². The first kappa shape index (κ1) is 28.5. The van der Waals surface area contributed by atoms with Crippen molar-refractivity contribution in [1.29, 1.82) is 0 Å². The Morgan fingerprint density at radius 2 is 1.69 bits per heavy atom. The van der Waals surface area contributed by atoms with E-state index in [0.29, 0.717) is 22.0 Å². The summed E-state index contributed by atoms with van der Waals surface area (Å²) >= 11 is 20.7. The zero-order valence-corrected chi connectivity index (χ0v) is 20.9. The Balaban J connectivity index is 0.000000751. The molecule has 0 radical (unpaired) electrons. The number of ketones is 1. The summed E-state index contributed by atoms with van der Waals surface area (Å²) in [7, 11) is 0. The van der Waals surface area contributed by atoms with Crippen LogP contribution in [0.3, 0.4) is 0 Å². The van der Waals surface area contributed by atoms with Crippen molar-refractivity contribution < 1.29 is 22.8 Å². The summed E-state index contributed by atoms with van der Waals surface area (Å²) < 4.78 is 41.0. The molecular formula is C22H20BrCl3F3NO2. The smallest absolute Gasteiger partial charge is 0.370 e. The number of alkyl halides is 3. The fraction of sp³-hybridized carbons (Fsp3) is 0.273. The average molecular weight is 574 g/mol. The van der Waals surface area contributed by atoms with Gasteiger partial charge in [0.15, 0.2) is 5.78 Å². The molecule has 2 rings (SSSR count). The topological polar surface area (TPSA) is 60.2 Å². The number of amides is 1. The van der Waals surface area contributed by atoms with Gasteiger partial charge in [0, 0.05) is 16.5 Å². The molecule has 0 bridgehead atoms. The molecule has 3 nitrogen and oxygen atoms in total. The van der Waals surface area contributed by atoms with E-state index in [1.165, 1.54) is 13.0 Å². The molecule has 1 amide bonds. The number of hydrogen-bond acceptors (Lipinski definition) is 2. The lowest BCUT2D eigenvalue weighted by atomic mass is 9.97. The van der Waals surface area contributed by atoms with E-state index in [-0.39, 0.29) is 32.3 Å². The van der Waals surface area contributed by atoms with Crippen molar-refractivity contribution in [2.75, 3.05) is 0 Å². The van der Waals surface area contributed by atoms with E-state index in [9.17, 15) is 22.8 Å². The number of benzene rings is 2. The molecule has 0 fully saturated rings. The molecule has 1 atom stereocenters. The molecule has 32 heavy (non-hydrogen) atoms. The molecule has 0 saturated heterocycles. The number of hydrogen-bond donors (Lipinski definition) is 1. The highest BCUT2D eigenvalue weighted by Crippen LogP contribution is 2.41. The first-order valence-electron chi connectivity index (χ1n) is 9.26. The summed E-state index contributed by atoms with van der Waals surface area (Å²) in [6.07, 6.45) is -0.850. The number of primary amides is 1. The van der Waals surface area contributed by atoms with Gasteiger partial charge in [-0.2, -0.15) is 13.2 Å². The van der Waals surface area contributed by atoms with Gasteiger partial charge in [0.25, 0.3) is 0 Å². The second-order valence-electron chi connectivity index (χ2n) is 6.69. The second kappa shape index (κ2) is 12.6. The molecule has 0 heterocycles. The lowest BCUT2D eigenvalue weighted by Gasteiger charge is -2.18. The van der Waals surface area contributed by atoms with Gasteiger partial charge in [-0.25, -0.2) is 0 Å². The second-order valence-corrected chi connectivity index (χ2v) is 8.74. The molecule has 2 N–H and O–H groups in total. The third-order valence-electron chi connectivity index (χ3n) is 4.07. The predicted molar refractivity (Wildman–Crippen MR) is 128 cm³/mol. The van der Waals surface area contributed by atoms with Crippen molar-refractivity contribution >= 4 is 68.5 Å². The Bertz CT molecular complexity index is 987. The summed E-state index contributed by atoms with van der Waals surface area (Å²) in [6.45, 7) is 3.33. The van der Waals surface area contributed by atoms with E-state index >= 15 is 0 Å². The minimum atomic E-state index is -4.55. The maximum absolute atomic E-state index is 13.5. The zero-order valence-electron chi connectivity index (χ0n) is 17.1. The van der Waals surface area contributed by atoms with Gasteiger partial charge in [-0.05, 0) is 48.7 Å². The third kappa shape index (κ3) is 8.77. The van der Waals surface area contributed by atoms with Gasteiger partial charge in [-0.15, -0.1) is 0 Å². The van der Waals surface area contributed by atoms with E-state index in [0.717, 1.165) is 24.6 Å². The van der Waals surface area contributed by atoms with Crippen LogP contribution in [0.4, 0.5) is 13.2 Å². The van der Waals surface area contributed by atoms with Gasteiger partial charge >= 0.3 is 6.18 Å². The van der Waals surface area contributed by atoms with Gasteiger partial charge in [-0.3, -0.25) is 9.59 Å². The molecule has 0 spiro atoms. The molecule has 174 valence electrons. The highest BCUT2D eigenvalue weighted by molar-refractivity contribution is 9.10. The molecule has 10 heteroatoms. The van der Waals surface area contributed by atoms with Crippen LogP contribution in [0.2, 0.25) is 15.1 Å². The van der Waals surface area contributed by atoms with Crippen molar-refractivity contribution in [1.82, 2.24) is 0 Å². The van der Waals surface area contributed by atoms with Gasteiger partial charge in [0.2, 0.25) is 5.91 Å². The third-order valence-corrected chi connectivity index (χ3v) is 5.92. The van der Waals surface area contributed by atoms with E-state index < -0.39 is 12.1 Å². The summed E-state index contributed by atoms with van der Waals surface area (Å²) in [5.41, 5.74) is 5.60. The fourth-order valence-corrected chi connectivity index (χ4v) is 3.83. The number of carbonyl (C=O) groups excluding carboxylic acids is 2. The highest BCUT2D eigenvalue weighted by Gasteiger charge is 2.39. The molecule has 1 unspecified atom stereocenters. The van der Waals surface area contributed by atoms with Crippen LogP contribution < -0.4 is 5.73 Å². The van der Waals surface area contributed by atoms with Crippen LogP contribution in [-0.4, -0.2) is 17.9 Å². The molecule has 0 aliphatic rings. The Morgan fingerprint density at radius 1 is 1.12 bits per heavy atom. The van der Waals surface area contributed by atoms with E-state index in [2.05, 4.69) is 15.9 Å². The maximum atomic E-state index is 13.5. The van der Waals surface area contributed by atoms with Crippen molar-refractivity contribution in [2.24, 2.45) is 5.73 Å². The van der Waals surface area contributed by atoms with E-state index in [4.69, 9.17) is 40.5 Å². The fourth-order valence-electron chi connectivity index (χ4n) is 2.54. The van der Waals surface area contributed by atoms with Crippen LogP contribution in [-0.2, 0) is 4.79 Å². The summed E-state index contributed by atoms with van der Waals surface area (Å²) in [5.74, 6) is -2.27. The Hall–Kier alpha value is -1.54. The van der Waals surface area contributed by atoms with Gasteiger partial charge in [0.05, 0.1) is 21.0 Å². The minimum absolute atomic E-state index is 0.00531. The minimum Gasteiger partial charge on any atom is -0.370 e. The first-order valence-corrected chi connectivity index (χ1v) is 11.2. The van der Waals surface area contributed by atoms with Gasteiger partial charge < -0.3 is 5.73 Å². The van der Waals surface area contributed by atoms with Gasteiger partial charge in [0.1, 0.15) is 0 Å². The lowest BCUT2D eigenvalue weighted by Crippen LogP contribution is -2.19. The Labute approximate surface area is 207 Å². The van der Waals surface area contributed by atoms with Crippen molar-refractivity contribution in [3.63, 3.8) is 0 Å². The SMILES string of the molecule is CC(=O)c1ccc(/C=C/C(c2cc(Cl)c(Cl)c(Cl)c2)C(F)(F)F)cc1Br.CCCC(N)=O. The summed E-state index contributed by atoms with van der Waals surface area (Å²) in [4.78, 5) is 21.2. The van der Waals surface area contributed by atoms with Crippen molar-refractivity contribution in [3.05, 3.63) is 72.6 Å². The molecule has 0 aromatic heterocycles. The number of nitrogens with two attached hydrogens (primary N) is 1. The summed E-state index contributed by atoms with van der Waals surface area (Å²) in [5, 5.41) is -0.0958. The molecule has 0 aliphatic carbocycles. The maximum Gasteiger partial charge on any atom is 0.399 e. The molecular weight excluding hydrogens is 554 g/mol. The molecule has 0 aliphatic heterocycles. The molecule has 0 saturated carbocycles. The Morgan fingerprint density at radius 3 is 2.06 bits per heavy atom. The first-order chi connectivity index (χ1) is 14.8. The molecule has 2 aromatic carbocycles.